The van der Waals surface area contributed by atoms with Crippen LogP contribution in [0.2, 0.25) is 0 Å². The second-order valence-corrected chi connectivity index (χ2v) is 3.67. The summed E-state index contributed by atoms with van der Waals surface area (Å²) in [5.74, 6) is 1.43. The molecule has 1 aliphatic rings. The van der Waals surface area contributed by atoms with Crippen molar-refractivity contribution in [1.82, 2.24) is 5.32 Å². The highest BCUT2D eigenvalue weighted by atomic mass is 16.5. The predicted molar refractivity (Wildman–Crippen MR) is 46.6 cm³/mol. The van der Waals surface area contributed by atoms with Gasteiger partial charge in [0, 0.05) is 13.7 Å². The van der Waals surface area contributed by atoms with Crippen molar-refractivity contribution in [2.45, 2.75) is 26.4 Å². The highest BCUT2D eigenvalue weighted by Gasteiger charge is 2.26. The van der Waals surface area contributed by atoms with Crippen LogP contribution in [0.4, 0.5) is 0 Å². The van der Waals surface area contributed by atoms with Gasteiger partial charge in [-0.25, -0.2) is 0 Å². The van der Waals surface area contributed by atoms with E-state index in [-0.39, 0.29) is 0 Å². The molecule has 2 nitrogen and oxygen atoms in total. The summed E-state index contributed by atoms with van der Waals surface area (Å²) in [6, 6.07) is 0. The Kier molecular flexibility index (Phi) is 3.34. The fraction of sp³-hybridized carbons (Fsp3) is 1.00. The fourth-order valence-corrected chi connectivity index (χ4v) is 1.82. The fourth-order valence-electron chi connectivity index (χ4n) is 1.82. The maximum Gasteiger partial charge on any atom is 0.0626 e. The summed E-state index contributed by atoms with van der Waals surface area (Å²) in [5.41, 5.74) is 0. The number of ether oxygens (including phenoxy) is 1. The van der Waals surface area contributed by atoms with Crippen LogP contribution in [-0.4, -0.2) is 26.3 Å². The maximum atomic E-state index is 5.43. The van der Waals surface area contributed by atoms with E-state index >= 15 is 0 Å². The molecule has 11 heavy (non-hydrogen) atoms. The van der Waals surface area contributed by atoms with Gasteiger partial charge in [-0.2, -0.15) is 0 Å². The van der Waals surface area contributed by atoms with E-state index in [2.05, 4.69) is 19.2 Å². The molecule has 0 radical (unpaired) electrons. The van der Waals surface area contributed by atoms with Crippen LogP contribution in [0.15, 0.2) is 0 Å². The van der Waals surface area contributed by atoms with Crippen molar-refractivity contribution in [2.24, 2.45) is 11.8 Å². The highest BCUT2D eigenvalue weighted by molar-refractivity contribution is 4.80. The van der Waals surface area contributed by atoms with Crippen LogP contribution < -0.4 is 5.32 Å². The molecule has 66 valence electrons. The summed E-state index contributed by atoms with van der Waals surface area (Å²) in [6.45, 7) is 6.77. The molecular weight excluding hydrogens is 138 g/mol. The smallest absolute Gasteiger partial charge is 0.0626 e. The molecule has 0 spiro atoms. The van der Waals surface area contributed by atoms with Crippen molar-refractivity contribution in [1.29, 1.82) is 0 Å². The number of methoxy groups -OCH3 is 1. The Morgan fingerprint density at radius 2 is 2.18 bits per heavy atom. The van der Waals surface area contributed by atoms with Crippen LogP contribution >= 0.6 is 0 Å². The average Bonchev–Trinajstić information content (AvgIpc) is 2.04. The van der Waals surface area contributed by atoms with Gasteiger partial charge >= 0.3 is 0 Å². The molecule has 1 saturated heterocycles. The quantitative estimate of drug-likeness (QED) is 0.651. The molecule has 2 atom stereocenters. The second-order valence-electron chi connectivity index (χ2n) is 3.67. The van der Waals surface area contributed by atoms with Gasteiger partial charge in [-0.3, -0.25) is 0 Å². The Morgan fingerprint density at radius 1 is 1.45 bits per heavy atom. The number of piperidine rings is 1. The van der Waals surface area contributed by atoms with Crippen LogP contribution in [0.1, 0.15) is 20.3 Å². The van der Waals surface area contributed by atoms with Crippen molar-refractivity contribution in [2.75, 3.05) is 20.2 Å². The second kappa shape index (κ2) is 4.07. The molecule has 2 heteroatoms. The van der Waals surface area contributed by atoms with E-state index in [1.54, 1.807) is 0 Å². The van der Waals surface area contributed by atoms with E-state index in [4.69, 9.17) is 4.74 Å². The molecule has 1 rings (SSSR count). The van der Waals surface area contributed by atoms with E-state index < -0.39 is 0 Å². The minimum Gasteiger partial charge on any atom is -0.381 e. The van der Waals surface area contributed by atoms with Crippen molar-refractivity contribution in [3.05, 3.63) is 0 Å². The molecule has 2 unspecified atom stereocenters. The van der Waals surface area contributed by atoms with Crippen LogP contribution in [0.3, 0.4) is 0 Å². The minimum atomic E-state index is 0.483. The standard InChI is InChI=1S/C9H19NO/c1-7(2)8-6-10-5-4-9(8)11-3/h7-10H,4-6H2,1-3H3. The van der Waals surface area contributed by atoms with E-state index in [1.165, 1.54) is 6.42 Å². The highest BCUT2D eigenvalue weighted by Crippen LogP contribution is 2.21. The Labute approximate surface area is 69.3 Å². The number of nitrogens with one attached hydrogen (secondary N) is 1. The Bertz CT molecular complexity index is 114. The number of rotatable bonds is 2. The molecule has 1 fully saturated rings. The lowest BCUT2D eigenvalue weighted by atomic mass is 9.86. The van der Waals surface area contributed by atoms with Crippen LogP contribution in [0.5, 0.6) is 0 Å². The number of hydrogen-bond donors (Lipinski definition) is 1. The van der Waals surface area contributed by atoms with Gasteiger partial charge in [0.15, 0.2) is 0 Å². The molecule has 1 heterocycles. The minimum absolute atomic E-state index is 0.483. The van der Waals surface area contributed by atoms with Gasteiger partial charge in [-0.15, -0.1) is 0 Å². The summed E-state index contributed by atoms with van der Waals surface area (Å²) < 4.78 is 5.43. The third kappa shape index (κ3) is 2.17. The Balaban J connectivity index is 2.44. The van der Waals surface area contributed by atoms with Gasteiger partial charge in [0.05, 0.1) is 6.10 Å². The third-order valence-electron chi connectivity index (χ3n) is 2.62. The van der Waals surface area contributed by atoms with Gasteiger partial charge in [0.2, 0.25) is 0 Å². The first-order chi connectivity index (χ1) is 5.25. The summed E-state index contributed by atoms with van der Waals surface area (Å²) in [4.78, 5) is 0. The van der Waals surface area contributed by atoms with Crippen molar-refractivity contribution in [3.63, 3.8) is 0 Å². The monoisotopic (exact) mass is 157 g/mol. The van der Waals surface area contributed by atoms with Gasteiger partial charge in [0.1, 0.15) is 0 Å². The molecule has 1 aliphatic heterocycles. The summed E-state index contributed by atoms with van der Waals surface area (Å²) >= 11 is 0. The SMILES string of the molecule is COC1CCNCC1C(C)C. The first kappa shape index (κ1) is 9.01. The van der Waals surface area contributed by atoms with Crippen molar-refractivity contribution < 1.29 is 4.74 Å². The lowest BCUT2D eigenvalue weighted by Gasteiger charge is -2.33. The van der Waals surface area contributed by atoms with Crippen LogP contribution in [0.25, 0.3) is 0 Å². The van der Waals surface area contributed by atoms with Gasteiger partial charge < -0.3 is 10.1 Å². The number of hydrogen-bond acceptors (Lipinski definition) is 2. The van der Waals surface area contributed by atoms with E-state index in [1.807, 2.05) is 7.11 Å². The molecular formula is C9H19NO. The summed E-state index contributed by atoms with van der Waals surface area (Å²) in [6.07, 6.45) is 1.65. The zero-order chi connectivity index (χ0) is 8.27. The Hall–Kier alpha value is -0.0800. The van der Waals surface area contributed by atoms with Gasteiger partial charge in [0.25, 0.3) is 0 Å². The van der Waals surface area contributed by atoms with Gasteiger partial charge in [-0.1, -0.05) is 13.8 Å². The van der Waals surface area contributed by atoms with E-state index in [9.17, 15) is 0 Å². The first-order valence-electron chi connectivity index (χ1n) is 4.49. The summed E-state index contributed by atoms with van der Waals surface area (Å²) in [7, 11) is 1.82. The van der Waals surface area contributed by atoms with Crippen molar-refractivity contribution in [3.8, 4) is 0 Å². The topological polar surface area (TPSA) is 21.3 Å². The van der Waals surface area contributed by atoms with Crippen LogP contribution in [-0.2, 0) is 4.74 Å². The van der Waals surface area contributed by atoms with Crippen molar-refractivity contribution >= 4 is 0 Å². The molecule has 0 aromatic carbocycles. The molecule has 0 bridgehead atoms. The molecule has 1 N–H and O–H groups in total. The lowest BCUT2D eigenvalue weighted by Crippen LogP contribution is -2.43. The average molecular weight is 157 g/mol. The molecule has 0 amide bonds. The maximum absolute atomic E-state index is 5.43. The lowest BCUT2D eigenvalue weighted by molar-refractivity contribution is 0.0130. The molecule has 0 aromatic heterocycles. The normalized spacial score (nSPS) is 32.7. The molecule has 0 aliphatic carbocycles. The zero-order valence-electron chi connectivity index (χ0n) is 7.76. The first-order valence-corrected chi connectivity index (χ1v) is 4.49. The van der Waals surface area contributed by atoms with E-state index in [0.29, 0.717) is 12.0 Å². The third-order valence-corrected chi connectivity index (χ3v) is 2.62. The van der Waals surface area contributed by atoms with E-state index in [0.717, 1.165) is 19.0 Å². The predicted octanol–water partition coefficient (Wildman–Crippen LogP) is 1.27. The zero-order valence-corrected chi connectivity index (χ0v) is 7.76. The molecule has 0 aromatic rings. The Morgan fingerprint density at radius 3 is 2.64 bits per heavy atom. The summed E-state index contributed by atoms with van der Waals surface area (Å²) in [5, 5.41) is 3.40. The van der Waals surface area contributed by atoms with Crippen LogP contribution in [0, 0.1) is 11.8 Å². The largest absolute Gasteiger partial charge is 0.381 e. The molecule has 0 saturated carbocycles. The van der Waals surface area contributed by atoms with Gasteiger partial charge in [-0.05, 0) is 24.8 Å².